The van der Waals surface area contributed by atoms with E-state index in [1.807, 2.05) is 6.26 Å². The van der Waals surface area contributed by atoms with Gasteiger partial charge in [0.2, 0.25) is 0 Å². The van der Waals surface area contributed by atoms with Crippen LogP contribution in [0.4, 0.5) is 8.78 Å². The van der Waals surface area contributed by atoms with Gasteiger partial charge in [0.05, 0.1) is 0 Å². The van der Waals surface area contributed by atoms with Crippen molar-refractivity contribution in [1.82, 2.24) is 0 Å². The van der Waals surface area contributed by atoms with E-state index in [2.05, 4.69) is 0 Å². The monoisotopic (exact) mass is 174 g/mol. The zero-order valence-electron chi connectivity index (χ0n) is 6.10. The number of hydrogen-bond donors (Lipinski definition) is 0. The van der Waals surface area contributed by atoms with Crippen LogP contribution in [0.5, 0.6) is 0 Å². The van der Waals surface area contributed by atoms with E-state index in [1.165, 1.54) is 23.9 Å². The van der Waals surface area contributed by atoms with Gasteiger partial charge in [-0.1, -0.05) is 6.07 Å². The Hall–Kier alpha value is -0.570. The van der Waals surface area contributed by atoms with E-state index in [1.54, 1.807) is 6.07 Å². The molecular formula is C8H8F2S. The Morgan fingerprint density at radius 2 is 2.18 bits per heavy atom. The molecule has 3 heteroatoms. The van der Waals surface area contributed by atoms with Crippen molar-refractivity contribution in [3.05, 3.63) is 29.6 Å². The molecule has 0 heterocycles. The van der Waals surface area contributed by atoms with E-state index in [0.29, 0.717) is 0 Å². The summed E-state index contributed by atoms with van der Waals surface area (Å²) in [5.41, 5.74) is 0.128. The Balaban J connectivity index is 2.99. The molecule has 0 bridgehead atoms. The van der Waals surface area contributed by atoms with Crippen molar-refractivity contribution < 1.29 is 8.78 Å². The standard InChI is InChI=1S/C8H8F2S/c1-11-7-3-2-6(5-9)8(10)4-7/h2-4H,5H2,1H3. The quantitative estimate of drug-likeness (QED) is 0.621. The molecule has 0 aliphatic heterocycles. The average molecular weight is 174 g/mol. The number of hydrogen-bond acceptors (Lipinski definition) is 1. The topological polar surface area (TPSA) is 0 Å². The van der Waals surface area contributed by atoms with Gasteiger partial charge < -0.3 is 0 Å². The maximum atomic E-state index is 12.8. The Bertz CT molecular complexity index is 248. The van der Waals surface area contributed by atoms with Gasteiger partial charge in [0.1, 0.15) is 12.5 Å². The molecule has 60 valence electrons. The molecule has 0 aromatic heterocycles. The summed E-state index contributed by atoms with van der Waals surface area (Å²) in [4.78, 5) is 0.819. The van der Waals surface area contributed by atoms with E-state index >= 15 is 0 Å². The van der Waals surface area contributed by atoms with Gasteiger partial charge in [0.25, 0.3) is 0 Å². The van der Waals surface area contributed by atoms with E-state index in [-0.39, 0.29) is 5.56 Å². The molecule has 1 aromatic carbocycles. The van der Waals surface area contributed by atoms with Crippen molar-refractivity contribution >= 4 is 11.8 Å². The molecule has 0 atom stereocenters. The molecule has 0 fully saturated rings. The molecular weight excluding hydrogens is 166 g/mol. The van der Waals surface area contributed by atoms with Crippen LogP contribution in [0.25, 0.3) is 0 Å². The first kappa shape index (κ1) is 8.53. The summed E-state index contributed by atoms with van der Waals surface area (Å²) in [6, 6.07) is 4.53. The van der Waals surface area contributed by atoms with Crippen molar-refractivity contribution in [3.63, 3.8) is 0 Å². The predicted octanol–water partition coefficient (Wildman–Crippen LogP) is 3.02. The van der Waals surface area contributed by atoms with Gasteiger partial charge in [-0.05, 0) is 18.4 Å². The first-order chi connectivity index (χ1) is 5.27. The van der Waals surface area contributed by atoms with Crippen LogP contribution in [0.3, 0.4) is 0 Å². The molecule has 0 unspecified atom stereocenters. The van der Waals surface area contributed by atoms with Crippen LogP contribution in [-0.4, -0.2) is 6.26 Å². The average Bonchev–Trinajstić information content (AvgIpc) is 2.04. The number of alkyl halides is 1. The number of thioether (sulfide) groups is 1. The summed E-state index contributed by atoms with van der Waals surface area (Å²) < 4.78 is 24.8. The smallest absolute Gasteiger partial charge is 0.130 e. The minimum atomic E-state index is -0.736. The van der Waals surface area contributed by atoms with Crippen LogP contribution >= 0.6 is 11.8 Å². The highest BCUT2D eigenvalue weighted by Gasteiger charge is 2.01. The fourth-order valence-electron chi connectivity index (χ4n) is 0.763. The largest absolute Gasteiger partial charge is 0.246 e. The summed E-state index contributed by atoms with van der Waals surface area (Å²) in [5.74, 6) is -0.459. The van der Waals surface area contributed by atoms with Crippen molar-refractivity contribution in [3.8, 4) is 0 Å². The highest BCUT2D eigenvalue weighted by molar-refractivity contribution is 7.98. The summed E-state index contributed by atoms with van der Waals surface area (Å²) in [6.45, 7) is -0.736. The Morgan fingerprint density at radius 1 is 1.45 bits per heavy atom. The first-order valence-corrected chi connectivity index (χ1v) is 4.38. The van der Waals surface area contributed by atoms with Gasteiger partial charge in [-0.15, -0.1) is 11.8 Å². The molecule has 0 aliphatic carbocycles. The first-order valence-electron chi connectivity index (χ1n) is 3.16. The second kappa shape index (κ2) is 3.72. The molecule has 0 saturated heterocycles. The normalized spacial score (nSPS) is 10.1. The molecule has 0 amide bonds. The second-order valence-corrected chi connectivity index (χ2v) is 2.97. The number of rotatable bonds is 2. The zero-order chi connectivity index (χ0) is 8.27. The van der Waals surface area contributed by atoms with E-state index < -0.39 is 12.5 Å². The van der Waals surface area contributed by atoms with Gasteiger partial charge in [0, 0.05) is 10.5 Å². The van der Waals surface area contributed by atoms with Gasteiger partial charge in [-0.25, -0.2) is 8.78 Å². The third-order valence-corrected chi connectivity index (χ3v) is 2.13. The minimum Gasteiger partial charge on any atom is -0.246 e. The van der Waals surface area contributed by atoms with Crippen LogP contribution in [0.15, 0.2) is 23.1 Å². The summed E-state index contributed by atoms with van der Waals surface area (Å²) >= 11 is 1.44. The SMILES string of the molecule is CSc1ccc(CF)c(F)c1. The number of halogens is 2. The molecule has 11 heavy (non-hydrogen) atoms. The predicted molar refractivity (Wildman–Crippen MR) is 43.0 cm³/mol. The third-order valence-electron chi connectivity index (χ3n) is 1.40. The van der Waals surface area contributed by atoms with Gasteiger partial charge in [0.15, 0.2) is 0 Å². The molecule has 0 radical (unpaired) electrons. The lowest BCUT2D eigenvalue weighted by Crippen LogP contribution is -1.85. The summed E-state index contributed by atoms with van der Waals surface area (Å²) in [5, 5.41) is 0. The number of benzene rings is 1. The van der Waals surface area contributed by atoms with Crippen molar-refractivity contribution in [2.24, 2.45) is 0 Å². The van der Waals surface area contributed by atoms with Crippen molar-refractivity contribution in [2.45, 2.75) is 11.6 Å². The summed E-state index contributed by atoms with van der Waals surface area (Å²) in [7, 11) is 0. The van der Waals surface area contributed by atoms with Crippen molar-refractivity contribution in [1.29, 1.82) is 0 Å². The third kappa shape index (κ3) is 1.93. The molecule has 1 aromatic rings. The maximum absolute atomic E-state index is 12.8. The van der Waals surface area contributed by atoms with Crippen LogP contribution in [0.1, 0.15) is 5.56 Å². The minimum absolute atomic E-state index is 0.128. The maximum Gasteiger partial charge on any atom is 0.130 e. The molecule has 0 aliphatic rings. The van der Waals surface area contributed by atoms with Crippen molar-refractivity contribution in [2.75, 3.05) is 6.26 Å². The molecule has 0 spiro atoms. The van der Waals surface area contributed by atoms with Crippen LogP contribution < -0.4 is 0 Å². The molecule has 0 saturated carbocycles. The van der Waals surface area contributed by atoms with Gasteiger partial charge in [-0.2, -0.15) is 0 Å². The second-order valence-electron chi connectivity index (χ2n) is 2.09. The van der Waals surface area contributed by atoms with Crippen LogP contribution in [0.2, 0.25) is 0 Å². The molecule has 0 nitrogen and oxygen atoms in total. The van der Waals surface area contributed by atoms with E-state index in [4.69, 9.17) is 0 Å². The van der Waals surface area contributed by atoms with E-state index in [0.717, 1.165) is 4.90 Å². The highest BCUT2D eigenvalue weighted by atomic mass is 32.2. The van der Waals surface area contributed by atoms with Crippen LogP contribution in [-0.2, 0) is 6.67 Å². The van der Waals surface area contributed by atoms with Gasteiger partial charge in [-0.3, -0.25) is 0 Å². The lowest BCUT2D eigenvalue weighted by Gasteiger charge is -1.99. The molecule has 0 N–H and O–H groups in total. The Labute approximate surface area is 68.6 Å². The Kier molecular flexibility index (Phi) is 2.88. The Morgan fingerprint density at radius 3 is 2.64 bits per heavy atom. The fourth-order valence-corrected chi connectivity index (χ4v) is 1.19. The highest BCUT2D eigenvalue weighted by Crippen LogP contribution is 2.18. The van der Waals surface area contributed by atoms with Gasteiger partial charge >= 0.3 is 0 Å². The van der Waals surface area contributed by atoms with E-state index in [9.17, 15) is 8.78 Å². The zero-order valence-corrected chi connectivity index (χ0v) is 6.92. The lowest BCUT2D eigenvalue weighted by molar-refractivity contribution is 0.463. The molecule has 1 rings (SSSR count). The fraction of sp³-hybridized carbons (Fsp3) is 0.250. The van der Waals surface area contributed by atoms with Crippen LogP contribution in [0, 0.1) is 5.82 Å². The summed E-state index contributed by atoms with van der Waals surface area (Å²) in [6.07, 6.45) is 1.85. The lowest BCUT2D eigenvalue weighted by atomic mass is 10.2.